The van der Waals surface area contributed by atoms with Gasteiger partial charge in [0.1, 0.15) is 72.1 Å². The van der Waals surface area contributed by atoms with Gasteiger partial charge in [-0.1, -0.05) is 70.9 Å². The predicted octanol–water partition coefficient (Wildman–Crippen LogP) is 6.73. The number of hydrogen-bond acceptors (Lipinski definition) is 12. The summed E-state index contributed by atoms with van der Waals surface area (Å²) in [5.41, 5.74) is -1.93. The van der Waals surface area contributed by atoms with E-state index in [-0.39, 0.29) is 89.5 Å². The number of nitrogens with one attached hydrogen (secondary N) is 3. The molecule has 2 bridgehead atoms. The smallest absolute Gasteiger partial charge is 0.347 e. The topological polar surface area (TPSA) is 270 Å². The van der Waals surface area contributed by atoms with Crippen LogP contribution in [0.3, 0.4) is 0 Å². The quantitative estimate of drug-likeness (QED) is 0.144. The van der Waals surface area contributed by atoms with Crippen molar-refractivity contribution >= 4 is 70.9 Å². The van der Waals surface area contributed by atoms with E-state index in [1.54, 1.807) is 26.0 Å². The number of alkyl halides is 10. The van der Waals surface area contributed by atoms with Gasteiger partial charge in [-0.15, -0.1) is 0 Å². The van der Waals surface area contributed by atoms with E-state index in [0.29, 0.717) is 49.8 Å². The average molecular weight is 1550 g/mol. The Hall–Kier alpha value is -7.32. The molecule has 7 fully saturated rings. The molecule has 2 unspecified atom stereocenters. The van der Waals surface area contributed by atoms with Gasteiger partial charge in [-0.25, -0.2) is 17.6 Å². The number of hydrogen-bond donors (Lipinski definition) is 3. The fourth-order valence-corrected chi connectivity index (χ4v) is 17.3. The molecule has 0 aromatic heterocycles. The lowest BCUT2D eigenvalue weighted by atomic mass is 9.76. The first kappa shape index (κ1) is 86.3. The van der Waals surface area contributed by atoms with Crippen LogP contribution in [-0.2, 0) is 57.5 Å². The molecule has 5 saturated carbocycles. The van der Waals surface area contributed by atoms with Crippen LogP contribution < -0.4 is 16.0 Å². The molecule has 2 saturated heterocycles. The lowest BCUT2D eigenvalue weighted by molar-refractivity contribution is -0.219. The summed E-state index contributed by atoms with van der Waals surface area (Å²) in [6.45, 7) is 0.0947. The number of carbonyl (C=O) groups is 12. The summed E-state index contributed by atoms with van der Waals surface area (Å²) in [5.74, 6) is -22.5. The van der Waals surface area contributed by atoms with Crippen molar-refractivity contribution in [3.05, 3.63) is 12.2 Å². The second kappa shape index (κ2) is 35.8. The molecule has 12 amide bonds. The Kier molecular flexibility index (Phi) is 28.6. The van der Waals surface area contributed by atoms with Gasteiger partial charge in [0.05, 0.1) is 32.0 Å². The molecule has 608 valence electrons. The van der Waals surface area contributed by atoms with Crippen molar-refractivity contribution < 1.29 is 101 Å². The Balaban J connectivity index is 1.20. The Morgan fingerprint density at radius 2 is 1.19 bits per heavy atom. The van der Waals surface area contributed by atoms with Gasteiger partial charge < -0.3 is 60.0 Å². The highest BCUT2D eigenvalue weighted by Crippen LogP contribution is 2.46. The van der Waals surface area contributed by atoms with Crippen molar-refractivity contribution in [2.75, 3.05) is 82.6 Å². The molecular weight excluding hydrogens is 1440 g/mol. The van der Waals surface area contributed by atoms with Crippen LogP contribution in [0.4, 0.5) is 43.9 Å². The Labute approximate surface area is 625 Å². The molecule has 3 heterocycles. The van der Waals surface area contributed by atoms with Crippen LogP contribution in [0, 0.1) is 41.4 Å². The van der Waals surface area contributed by atoms with E-state index in [0.717, 1.165) is 36.4 Å². The molecule has 3 aliphatic heterocycles. The second-order valence-electron chi connectivity index (χ2n) is 32.3. The van der Waals surface area contributed by atoms with Crippen molar-refractivity contribution in [2.45, 2.75) is 259 Å². The van der Waals surface area contributed by atoms with Gasteiger partial charge in [-0.05, 0) is 132 Å². The van der Waals surface area contributed by atoms with Crippen molar-refractivity contribution in [1.29, 1.82) is 0 Å². The van der Waals surface area contributed by atoms with Gasteiger partial charge in [-0.2, -0.15) is 26.3 Å². The lowest BCUT2D eigenvalue weighted by Crippen LogP contribution is -2.65. The third kappa shape index (κ3) is 20.6. The number of halogens is 10. The van der Waals surface area contributed by atoms with Gasteiger partial charge in [-0.3, -0.25) is 57.5 Å². The summed E-state index contributed by atoms with van der Waals surface area (Å²) >= 11 is 0. The summed E-state index contributed by atoms with van der Waals surface area (Å²) < 4.78 is 147. The van der Waals surface area contributed by atoms with Crippen molar-refractivity contribution in [3.8, 4) is 0 Å². The van der Waals surface area contributed by atoms with E-state index in [2.05, 4.69) is 16.0 Å². The van der Waals surface area contributed by atoms with E-state index in [1.807, 2.05) is 0 Å². The molecular formula is C74H110F10N12O12. The Morgan fingerprint density at radius 3 is 1.76 bits per heavy atom. The van der Waals surface area contributed by atoms with Crippen molar-refractivity contribution in [2.24, 2.45) is 41.4 Å². The van der Waals surface area contributed by atoms with Crippen LogP contribution in [0.25, 0.3) is 0 Å². The van der Waals surface area contributed by atoms with Gasteiger partial charge in [0.15, 0.2) is 0 Å². The average Bonchev–Trinajstić information content (AvgIpc) is 1.57. The molecule has 5 aliphatic carbocycles. The fourth-order valence-electron chi connectivity index (χ4n) is 17.3. The van der Waals surface area contributed by atoms with E-state index < -0.39 is 249 Å². The lowest BCUT2D eigenvalue weighted by Gasteiger charge is -2.42. The highest BCUT2D eigenvalue weighted by Gasteiger charge is 2.57. The van der Waals surface area contributed by atoms with Crippen LogP contribution in [-0.4, -0.2) is 282 Å². The maximum Gasteiger partial charge on any atom is 0.397 e. The third-order valence-electron chi connectivity index (χ3n) is 24.3. The van der Waals surface area contributed by atoms with E-state index in [4.69, 9.17) is 0 Å². The SMILES string of the molecule is CC[C@H](C)[C@@H]1NC(=O)[C@H](CC2CC2)N(C)C(=O)C[C@@H](C(=O)N(C)C)N(C)C(=O)[C@H](C2CCCC2)N(C)C(=O)C2(CCCC2)NC(=O)[C@@H]2CC(F)(F)CN2C(=O)[C@H](CCC2CC(F)C(C(F)(F)F)C(F)C2)NC(=O)CN(C)C(=O)[C@H](CC2CCC(C(F)(F)F)CC2)N2CC/C=C\C[C@@H](C2=O)N(C)C(=O)CN(C)C1=O. The van der Waals surface area contributed by atoms with Crippen molar-refractivity contribution in [1.82, 2.24) is 60.0 Å². The number of carbonyl (C=O) groups excluding carboxylic acids is 12. The van der Waals surface area contributed by atoms with Gasteiger partial charge >= 0.3 is 12.4 Å². The van der Waals surface area contributed by atoms with Crippen molar-refractivity contribution in [3.63, 3.8) is 0 Å². The minimum atomic E-state index is -5.28. The van der Waals surface area contributed by atoms with E-state index in [1.165, 1.54) is 59.1 Å². The predicted molar refractivity (Wildman–Crippen MR) is 373 cm³/mol. The minimum Gasteiger partial charge on any atom is -0.347 e. The van der Waals surface area contributed by atoms with Crippen LogP contribution >= 0.6 is 0 Å². The maximum atomic E-state index is 16.2. The Morgan fingerprint density at radius 1 is 0.611 bits per heavy atom. The summed E-state index contributed by atoms with van der Waals surface area (Å²) in [4.78, 5) is 190. The third-order valence-corrected chi connectivity index (χ3v) is 24.3. The zero-order valence-electron chi connectivity index (χ0n) is 63.7. The monoisotopic (exact) mass is 1550 g/mol. The molecule has 108 heavy (non-hydrogen) atoms. The molecule has 0 aromatic carbocycles. The number of amides is 12. The first-order valence-corrected chi connectivity index (χ1v) is 38.2. The zero-order chi connectivity index (χ0) is 80.0. The first-order chi connectivity index (χ1) is 50.5. The van der Waals surface area contributed by atoms with Gasteiger partial charge in [0.25, 0.3) is 5.92 Å². The molecule has 0 aromatic rings. The number of nitrogens with zero attached hydrogens (tertiary/aromatic N) is 9. The molecule has 34 heteroatoms. The van der Waals surface area contributed by atoms with Gasteiger partial charge in [0, 0.05) is 69.3 Å². The minimum absolute atomic E-state index is 0.0233. The summed E-state index contributed by atoms with van der Waals surface area (Å²) in [6.07, 6.45) is -13.7. The molecule has 8 aliphatic rings. The van der Waals surface area contributed by atoms with Crippen LogP contribution in [0.5, 0.6) is 0 Å². The first-order valence-electron chi connectivity index (χ1n) is 38.2. The van der Waals surface area contributed by atoms with Gasteiger partial charge in [0.2, 0.25) is 70.9 Å². The van der Waals surface area contributed by atoms with Crippen LogP contribution in [0.1, 0.15) is 174 Å². The summed E-state index contributed by atoms with van der Waals surface area (Å²) in [7, 11) is 10.5. The number of likely N-dealkylation sites (N-methyl/N-ethyl adjacent to an activating group) is 7. The molecule has 24 nitrogen and oxygen atoms in total. The Bertz CT molecular complexity index is 3290. The van der Waals surface area contributed by atoms with E-state index >= 15 is 46.3 Å². The fraction of sp³-hybridized carbons (Fsp3) is 0.811. The highest BCUT2D eigenvalue weighted by molar-refractivity contribution is 6.01. The molecule has 3 N–H and O–H groups in total. The maximum absolute atomic E-state index is 16.2. The summed E-state index contributed by atoms with van der Waals surface area (Å²) in [5, 5.41) is 7.96. The number of fused-ring (bicyclic) bond motifs is 3. The molecule has 11 atom stereocenters. The largest absolute Gasteiger partial charge is 0.397 e. The van der Waals surface area contributed by atoms with Crippen LogP contribution in [0.2, 0.25) is 0 Å². The summed E-state index contributed by atoms with van der Waals surface area (Å²) in [6, 6.07) is -12.6. The van der Waals surface area contributed by atoms with E-state index in [9.17, 15) is 55.1 Å². The normalized spacial score (nSPS) is 32.5. The molecule has 1 spiro atoms. The van der Waals surface area contributed by atoms with Crippen LogP contribution in [0.15, 0.2) is 12.2 Å². The number of rotatable bonds is 11. The molecule has 8 rings (SSSR count). The zero-order valence-corrected chi connectivity index (χ0v) is 63.7. The standard InChI is InChI=1S/C74H110F10N12O12/c1-11-42(2)60-68(106)90(6)40-58(99)91(7)51-21-13-12-18-32-95(67(51)105)54(36-44-24-27-47(28-25-44)73(79,80)81)66(104)89(5)39-56(97)85-50(29-26-45-33-48(75)59(49(76)34-45)74(82,83)84)64(102)96-41-72(77,78)38-55(96)63(101)87-71(30-16-17-31-71)70(108)94(10)61(46-19-14-15-20-46)69(107)93(9)53(65(103)88(3)4)37-57(98)92(8)52(62(100)86-60)35-43-22-23-43/h12-13,42-55,59-61H,11,14-41H2,1-10H3,(H,85,97)(H,86,100)(H,87,101)/b13-12-/t42-,44?,45?,47?,48?,49?,50-,51-,52-,53-,54-,55-,59?,60-,61-/m0/s1. The second-order valence-corrected chi connectivity index (χ2v) is 32.3. The molecule has 0 radical (unpaired) electrons. The highest BCUT2D eigenvalue weighted by atomic mass is 19.4.